The average molecular weight is 247 g/mol. The summed E-state index contributed by atoms with van der Waals surface area (Å²) >= 11 is 0. The van der Waals surface area contributed by atoms with E-state index in [4.69, 9.17) is 5.11 Å². The summed E-state index contributed by atoms with van der Waals surface area (Å²) in [6.45, 7) is 1.32. The Bertz CT molecular complexity index is 523. The number of nitrogens with two attached hydrogens (primary N) is 1. The number of quaternary nitrogens is 1. The molecule has 18 heavy (non-hydrogen) atoms. The predicted molar refractivity (Wildman–Crippen MR) is 65.9 cm³/mol. The molecule has 5 nitrogen and oxygen atoms in total. The third-order valence-electron chi connectivity index (χ3n) is 2.87. The predicted octanol–water partition coefficient (Wildman–Crippen LogP) is 0.215. The van der Waals surface area contributed by atoms with E-state index in [1.165, 1.54) is 6.92 Å². The van der Waals surface area contributed by atoms with Crippen LogP contribution in [0.5, 0.6) is 0 Å². The van der Waals surface area contributed by atoms with Crippen molar-refractivity contribution in [1.29, 1.82) is 0 Å². The molecule has 2 rings (SSSR count). The van der Waals surface area contributed by atoms with E-state index in [1.54, 1.807) is 0 Å². The van der Waals surface area contributed by atoms with Gasteiger partial charge in [0.25, 0.3) is 0 Å². The monoisotopic (exact) mass is 247 g/mol. The topological polar surface area (TPSA) is 83.0 Å². The molecule has 1 heterocycles. The molecule has 1 aliphatic heterocycles. The molecule has 0 fully saturated rings. The molecule has 0 saturated heterocycles. The zero-order valence-electron chi connectivity index (χ0n) is 10.0. The number of carboxylic acid groups (broad SMARTS) is 1. The third kappa shape index (κ3) is 2.57. The summed E-state index contributed by atoms with van der Waals surface area (Å²) in [5, 5.41) is 13.5. The number of rotatable bonds is 4. The van der Waals surface area contributed by atoms with E-state index in [0.29, 0.717) is 6.42 Å². The highest BCUT2D eigenvalue weighted by Crippen LogP contribution is 2.27. The second-order valence-electron chi connectivity index (χ2n) is 4.24. The van der Waals surface area contributed by atoms with E-state index >= 15 is 0 Å². The number of para-hydroxylation sites is 1. The van der Waals surface area contributed by atoms with Gasteiger partial charge < -0.3 is 10.4 Å². The first-order valence-electron chi connectivity index (χ1n) is 5.71. The number of carbonyl (C=O) groups is 2. The fourth-order valence-electron chi connectivity index (χ4n) is 2.06. The van der Waals surface area contributed by atoms with Crippen LogP contribution in [0.2, 0.25) is 0 Å². The molecule has 1 amide bonds. The van der Waals surface area contributed by atoms with Gasteiger partial charge in [0.05, 0.1) is 0 Å². The average Bonchev–Trinajstić information content (AvgIpc) is 2.71. The smallest absolute Gasteiger partial charge is 0.326 e. The fraction of sp³-hybridized carbons (Fsp3) is 0.231. The Hall–Kier alpha value is -2.14. The number of aliphatic carboxylic acids is 1. The van der Waals surface area contributed by atoms with Crippen LogP contribution in [-0.4, -0.2) is 23.0 Å². The highest BCUT2D eigenvalue weighted by atomic mass is 16.4. The largest absolute Gasteiger partial charge is 0.480 e. The maximum absolute atomic E-state index is 11.1. The van der Waals surface area contributed by atoms with Crippen molar-refractivity contribution in [3.8, 4) is 0 Å². The molecule has 94 valence electrons. The van der Waals surface area contributed by atoms with Gasteiger partial charge in [-0.15, -0.1) is 0 Å². The maximum Gasteiger partial charge on any atom is 0.326 e. The Kier molecular flexibility index (Phi) is 3.43. The zero-order valence-corrected chi connectivity index (χ0v) is 10.0. The summed E-state index contributed by atoms with van der Waals surface area (Å²) in [6, 6.07) is 6.91. The molecule has 0 unspecified atom stereocenters. The van der Waals surface area contributed by atoms with E-state index in [9.17, 15) is 9.59 Å². The van der Waals surface area contributed by atoms with Crippen molar-refractivity contribution >= 4 is 23.1 Å². The summed E-state index contributed by atoms with van der Waals surface area (Å²) in [5.74, 6) is -1.35. The molecule has 1 atom stereocenters. The van der Waals surface area contributed by atoms with Crippen molar-refractivity contribution in [2.45, 2.75) is 19.4 Å². The van der Waals surface area contributed by atoms with Gasteiger partial charge in [-0.05, 0) is 6.07 Å². The Labute approximate surface area is 105 Å². The maximum atomic E-state index is 11.1. The van der Waals surface area contributed by atoms with Crippen molar-refractivity contribution in [3.05, 3.63) is 36.0 Å². The van der Waals surface area contributed by atoms with Gasteiger partial charge in [-0.3, -0.25) is 10.1 Å². The lowest BCUT2D eigenvalue weighted by Gasteiger charge is -2.13. The van der Waals surface area contributed by atoms with Crippen LogP contribution in [-0.2, 0) is 9.59 Å². The molecule has 1 aliphatic rings. The van der Waals surface area contributed by atoms with Gasteiger partial charge in [-0.1, -0.05) is 12.1 Å². The summed E-state index contributed by atoms with van der Waals surface area (Å²) in [5.41, 5.74) is 3.06. The highest BCUT2D eigenvalue weighted by molar-refractivity contribution is 5.85. The fourth-order valence-corrected chi connectivity index (χ4v) is 2.06. The first-order chi connectivity index (χ1) is 8.58. The van der Waals surface area contributed by atoms with Gasteiger partial charge >= 0.3 is 5.97 Å². The molecule has 1 aromatic carbocycles. The van der Waals surface area contributed by atoms with Crippen molar-refractivity contribution in [2.24, 2.45) is 0 Å². The van der Waals surface area contributed by atoms with Crippen LogP contribution in [0.4, 0.5) is 5.69 Å². The van der Waals surface area contributed by atoms with Crippen molar-refractivity contribution in [2.75, 3.05) is 0 Å². The second kappa shape index (κ2) is 5.01. The Morgan fingerprint density at radius 2 is 2.11 bits per heavy atom. The van der Waals surface area contributed by atoms with E-state index in [-0.39, 0.29) is 5.91 Å². The van der Waals surface area contributed by atoms with Crippen LogP contribution in [0.15, 0.2) is 30.5 Å². The van der Waals surface area contributed by atoms with Crippen LogP contribution in [0.25, 0.3) is 5.57 Å². The molecule has 4 N–H and O–H groups in total. The minimum Gasteiger partial charge on any atom is -0.480 e. The minimum atomic E-state index is -1.02. The normalized spacial score (nSPS) is 14.6. The lowest BCUT2D eigenvalue weighted by molar-refractivity contribution is -0.491. The quantitative estimate of drug-likeness (QED) is 0.665. The molecule has 0 aliphatic carbocycles. The van der Waals surface area contributed by atoms with Crippen LogP contribution in [0.3, 0.4) is 0 Å². The molecule has 1 aromatic rings. The number of benzene rings is 1. The minimum absolute atomic E-state index is 0.294. The standard InChI is InChI=1S/C13H14N2O3/c1-8(16)15-12(13(17)18)6-9-7-14-11-5-3-2-4-10(9)11/h2-5,7,12,14H,6H2,1H3,(H,15,16)(H,17,18)/p+1/t12-/m0/s1. The van der Waals surface area contributed by atoms with Gasteiger partial charge in [0.2, 0.25) is 5.91 Å². The number of nitrogens with one attached hydrogen (secondary N) is 1. The van der Waals surface area contributed by atoms with Gasteiger partial charge in [-0.25, -0.2) is 4.79 Å². The van der Waals surface area contributed by atoms with E-state index in [0.717, 1.165) is 16.8 Å². The van der Waals surface area contributed by atoms with Crippen LogP contribution >= 0.6 is 0 Å². The SMILES string of the molecule is CC(=O)N[C@@H](CC1=C[NH2+]c2ccccc21)C(=O)O. The van der Waals surface area contributed by atoms with Crippen LogP contribution in [0, 0.1) is 0 Å². The Morgan fingerprint density at radius 3 is 2.78 bits per heavy atom. The van der Waals surface area contributed by atoms with Crippen molar-refractivity contribution in [3.63, 3.8) is 0 Å². The van der Waals surface area contributed by atoms with E-state index < -0.39 is 12.0 Å². The van der Waals surface area contributed by atoms with Crippen molar-refractivity contribution < 1.29 is 20.0 Å². The lowest BCUT2D eigenvalue weighted by Crippen LogP contribution is -2.69. The molecular weight excluding hydrogens is 232 g/mol. The number of carbonyl (C=O) groups excluding carboxylic acids is 1. The molecule has 0 saturated carbocycles. The first kappa shape index (κ1) is 12.3. The van der Waals surface area contributed by atoms with Crippen LogP contribution < -0.4 is 10.6 Å². The van der Waals surface area contributed by atoms with E-state index in [1.807, 2.05) is 35.8 Å². The summed E-state index contributed by atoms with van der Waals surface area (Å²) < 4.78 is 0. The molecule has 0 bridgehead atoms. The summed E-state index contributed by atoms with van der Waals surface area (Å²) in [6.07, 6.45) is 2.20. The summed E-state index contributed by atoms with van der Waals surface area (Å²) in [4.78, 5) is 22.1. The molecule has 0 aromatic heterocycles. The molecule has 5 heteroatoms. The van der Waals surface area contributed by atoms with Crippen LogP contribution in [0.1, 0.15) is 18.9 Å². The highest BCUT2D eigenvalue weighted by Gasteiger charge is 2.25. The third-order valence-corrected chi connectivity index (χ3v) is 2.87. The molecule has 0 radical (unpaired) electrons. The second-order valence-corrected chi connectivity index (χ2v) is 4.24. The molecule has 0 spiro atoms. The first-order valence-corrected chi connectivity index (χ1v) is 5.71. The Morgan fingerprint density at radius 1 is 1.39 bits per heavy atom. The number of amides is 1. The Balaban J connectivity index is 2.14. The van der Waals surface area contributed by atoms with E-state index in [2.05, 4.69) is 5.32 Å². The lowest BCUT2D eigenvalue weighted by atomic mass is 10.00. The number of fused-ring (bicyclic) bond motifs is 1. The van der Waals surface area contributed by atoms with Gasteiger partial charge in [0.15, 0.2) is 0 Å². The number of hydrogen-bond donors (Lipinski definition) is 3. The number of carboxylic acids is 1. The number of hydrogen-bond acceptors (Lipinski definition) is 2. The van der Waals surface area contributed by atoms with Gasteiger partial charge in [0.1, 0.15) is 17.9 Å². The zero-order chi connectivity index (χ0) is 13.1. The van der Waals surface area contributed by atoms with Crippen molar-refractivity contribution in [1.82, 2.24) is 5.32 Å². The van der Waals surface area contributed by atoms with Gasteiger partial charge in [-0.2, -0.15) is 0 Å². The molecular formula is C13H15N2O3+. The van der Waals surface area contributed by atoms with Gasteiger partial charge in [0, 0.05) is 30.5 Å². The summed E-state index contributed by atoms with van der Waals surface area (Å²) in [7, 11) is 0.